The van der Waals surface area contributed by atoms with Crippen molar-refractivity contribution < 1.29 is 9.90 Å². The van der Waals surface area contributed by atoms with Crippen LogP contribution in [0.1, 0.15) is 13.8 Å². The van der Waals surface area contributed by atoms with E-state index in [2.05, 4.69) is 15.3 Å². The second-order valence-corrected chi connectivity index (χ2v) is 5.18. The Morgan fingerprint density at radius 3 is 2.67 bits per heavy atom. The molecule has 9 heteroatoms. The minimum atomic E-state index is -1.10. The number of carbonyl (C=O) groups is 1. The topological polar surface area (TPSA) is 122 Å². The Labute approximate surface area is 119 Å². The fraction of sp³-hybridized carbons (Fsp3) is 0.500. The average molecular weight is 295 g/mol. The van der Waals surface area contributed by atoms with Crippen molar-refractivity contribution in [2.45, 2.75) is 20.4 Å². The summed E-state index contributed by atoms with van der Waals surface area (Å²) in [5.74, 6) is -0.534. The van der Waals surface area contributed by atoms with E-state index < -0.39 is 23.8 Å². The molecule has 0 aliphatic carbocycles. The molecule has 2 aromatic rings. The Kier molecular flexibility index (Phi) is 3.83. The highest BCUT2D eigenvalue weighted by atomic mass is 16.4. The fourth-order valence-corrected chi connectivity index (χ4v) is 1.95. The maximum Gasteiger partial charge on any atom is 0.329 e. The highest BCUT2D eigenvalue weighted by Crippen LogP contribution is 2.15. The van der Waals surface area contributed by atoms with Gasteiger partial charge in [-0.1, -0.05) is 13.8 Å². The number of fused-ring (bicyclic) bond motifs is 1. The van der Waals surface area contributed by atoms with E-state index in [4.69, 9.17) is 5.11 Å². The molecule has 0 saturated heterocycles. The van der Waals surface area contributed by atoms with Crippen molar-refractivity contribution in [1.82, 2.24) is 19.1 Å². The van der Waals surface area contributed by atoms with Crippen molar-refractivity contribution in [2.75, 3.05) is 11.9 Å². The highest BCUT2D eigenvalue weighted by molar-refractivity contribution is 5.77. The van der Waals surface area contributed by atoms with Gasteiger partial charge >= 0.3 is 11.7 Å². The van der Waals surface area contributed by atoms with Gasteiger partial charge in [-0.05, 0) is 5.92 Å². The maximum absolute atomic E-state index is 12.0. The molecule has 0 amide bonds. The molecule has 114 valence electrons. The van der Waals surface area contributed by atoms with Crippen molar-refractivity contribution >= 4 is 23.1 Å². The van der Waals surface area contributed by atoms with E-state index >= 15 is 0 Å². The summed E-state index contributed by atoms with van der Waals surface area (Å²) in [5, 5.41) is 12.0. The highest BCUT2D eigenvalue weighted by Gasteiger charge is 2.18. The first kappa shape index (κ1) is 14.8. The lowest BCUT2D eigenvalue weighted by Crippen LogP contribution is -2.29. The monoisotopic (exact) mass is 295 g/mol. The van der Waals surface area contributed by atoms with Gasteiger partial charge in [0.15, 0.2) is 11.2 Å². The molecule has 0 fully saturated rings. The average Bonchev–Trinajstić information content (AvgIpc) is 2.72. The minimum Gasteiger partial charge on any atom is -0.480 e. The molecule has 0 atom stereocenters. The minimum absolute atomic E-state index is 0.0609. The van der Waals surface area contributed by atoms with Gasteiger partial charge in [-0.3, -0.25) is 23.7 Å². The Bertz CT molecular complexity index is 798. The Hall–Kier alpha value is -2.58. The zero-order valence-corrected chi connectivity index (χ0v) is 12.0. The van der Waals surface area contributed by atoms with E-state index in [0.29, 0.717) is 12.5 Å². The van der Waals surface area contributed by atoms with Gasteiger partial charge in [0.1, 0.15) is 6.54 Å². The van der Waals surface area contributed by atoms with Crippen LogP contribution in [0.2, 0.25) is 0 Å². The van der Waals surface area contributed by atoms with Gasteiger partial charge in [0.2, 0.25) is 5.95 Å². The summed E-state index contributed by atoms with van der Waals surface area (Å²) in [5.41, 5.74) is -1.04. The van der Waals surface area contributed by atoms with E-state index in [0.717, 1.165) is 0 Å². The van der Waals surface area contributed by atoms with Crippen LogP contribution in [0.4, 0.5) is 5.95 Å². The van der Waals surface area contributed by atoms with Crippen molar-refractivity contribution in [3.05, 3.63) is 20.8 Å². The van der Waals surface area contributed by atoms with E-state index in [1.54, 1.807) is 0 Å². The number of imidazole rings is 1. The summed E-state index contributed by atoms with van der Waals surface area (Å²) in [6, 6.07) is 0. The summed E-state index contributed by atoms with van der Waals surface area (Å²) in [4.78, 5) is 40.9. The van der Waals surface area contributed by atoms with Crippen LogP contribution in [0.3, 0.4) is 0 Å². The van der Waals surface area contributed by atoms with E-state index in [1.165, 1.54) is 16.2 Å². The van der Waals surface area contributed by atoms with Gasteiger partial charge in [0.05, 0.1) is 0 Å². The van der Waals surface area contributed by atoms with E-state index in [1.807, 2.05) is 13.8 Å². The predicted molar refractivity (Wildman–Crippen MR) is 76.6 cm³/mol. The molecule has 2 aromatic heterocycles. The standard InChI is InChI=1S/C12H17N5O4/c1-6(2)4-13-11-14-9-8(17(11)5-7(18)19)10(20)15-12(21)16(9)3/h6H,4-5H2,1-3H3,(H,13,14)(H,18,19)(H,15,20,21). The molecule has 0 saturated carbocycles. The van der Waals surface area contributed by atoms with Crippen LogP contribution in [-0.4, -0.2) is 36.7 Å². The number of aliphatic carboxylic acids is 1. The number of anilines is 1. The molecule has 0 radical (unpaired) electrons. The smallest absolute Gasteiger partial charge is 0.329 e. The second kappa shape index (κ2) is 5.43. The van der Waals surface area contributed by atoms with Crippen LogP contribution >= 0.6 is 0 Å². The number of rotatable bonds is 5. The summed E-state index contributed by atoms with van der Waals surface area (Å²) in [6.45, 7) is 4.12. The van der Waals surface area contributed by atoms with Gasteiger partial charge in [0, 0.05) is 13.6 Å². The lowest BCUT2D eigenvalue weighted by atomic mass is 10.2. The molecular formula is C12H17N5O4. The van der Waals surface area contributed by atoms with E-state index in [9.17, 15) is 14.4 Å². The number of aromatic nitrogens is 4. The normalized spacial score (nSPS) is 11.2. The SMILES string of the molecule is CC(C)CNc1nc2c(c(=O)[nH]c(=O)n2C)n1CC(=O)O. The van der Waals surface area contributed by atoms with Crippen LogP contribution in [0.15, 0.2) is 9.59 Å². The van der Waals surface area contributed by atoms with Crippen LogP contribution in [0, 0.1) is 5.92 Å². The van der Waals surface area contributed by atoms with Crippen molar-refractivity contribution in [2.24, 2.45) is 13.0 Å². The Morgan fingerprint density at radius 1 is 1.43 bits per heavy atom. The molecule has 0 bridgehead atoms. The number of aryl methyl sites for hydroxylation is 1. The van der Waals surface area contributed by atoms with Crippen LogP contribution in [0.25, 0.3) is 11.2 Å². The third-order valence-corrected chi connectivity index (χ3v) is 2.97. The number of carboxylic acid groups (broad SMARTS) is 1. The molecule has 2 rings (SSSR count). The molecular weight excluding hydrogens is 278 g/mol. The number of nitrogens with zero attached hydrogens (tertiary/aromatic N) is 3. The zero-order chi connectivity index (χ0) is 15.7. The van der Waals surface area contributed by atoms with Gasteiger partial charge in [-0.2, -0.15) is 4.98 Å². The first-order valence-corrected chi connectivity index (χ1v) is 6.46. The molecule has 0 aliphatic heterocycles. The summed E-state index contributed by atoms with van der Waals surface area (Å²) < 4.78 is 2.44. The largest absolute Gasteiger partial charge is 0.480 e. The summed E-state index contributed by atoms with van der Waals surface area (Å²) >= 11 is 0. The molecule has 0 spiro atoms. The molecule has 0 aromatic carbocycles. The third kappa shape index (κ3) is 2.81. The van der Waals surface area contributed by atoms with Crippen LogP contribution in [0.5, 0.6) is 0 Å². The Balaban J connectivity index is 2.69. The van der Waals surface area contributed by atoms with Crippen LogP contribution < -0.4 is 16.6 Å². The number of H-pyrrole nitrogens is 1. The summed E-state index contributed by atoms with van der Waals surface area (Å²) in [7, 11) is 1.46. The number of hydrogen-bond acceptors (Lipinski definition) is 5. The van der Waals surface area contributed by atoms with Gasteiger partial charge in [0.25, 0.3) is 5.56 Å². The Morgan fingerprint density at radius 2 is 2.10 bits per heavy atom. The first-order valence-electron chi connectivity index (χ1n) is 6.46. The lowest BCUT2D eigenvalue weighted by molar-refractivity contribution is -0.137. The quantitative estimate of drug-likeness (QED) is 0.688. The first-order chi connectivity index (χ1) is 9.81. The number of nitrogens with one attached hydrogen (secondary N) is 2. The van der Waals surface area contributed by atoms with Gasteiger partial charge in [-0.25, -0.2) is 4.79 Å². The van der Waals surface area contributed by atoms with Crippen LogP contribution in [-0.2, 0) is 18.4 Å². The fourth-order valence-electron chi connectivity index (χ4n) is 1.95. The lowest BCUT2D eigenvalue weighted by Gasteiger charge is -2.09. The van der Waals surface area contributed by atoms with Crippen molar-refractivity contribution in [1.29, 1.82) is 0 Å². The summed E-state index contributed by atoms with van der Waals surface area (Å²) in [6.07, 6.45) is 0. The molecule has 9 nitrogen and oxygen atoms in total. The van der Waals surface area contributed by atoms with Crippen molar-refractivity contribution in [3.63, 3.8) is 0 Å². The van der Waals surface area contributed by atoms with Gasteiger partial charge in [-0.15, -0.1) is 0 Å². The van der Waals surface area contributed by atoms with Crippen molar-refractivity contribution in [3.8, 4) is 0 Å². The molecule has 3 N–H and O–H groups in total. The number of aromatic amines is 1. The third-order valence-electron chi connectivity index (χ3n) is 2.97. The zero-order valence-electron chi connectivity index (χ0n) is 12.0. The number of hydrogen-bond donors (Lipinski definition) is 3. The molecule has 2 heterocycles. The number of carboxylic acids is 1. The van der Waals surface area contributed by atoms with E-state index in [-0.39, 0.29) is 17.1 Å². The second-order valence-electron chi connectivity index (χ2n) is 5.18. The maximum atomic E-state index is 12.0. The molecule has 21 heavy (non-hydrogen) atoms. The molecule has 0 unspecified atom stereocenters. The van der Waals surface area contributed by atoms with Gasteiger partial charge < -0.3 is 10.4 Å². The predicted octanol–water partition coefficient (Wildman–Crippen LogP) is -0.424. The molecule has 0 aliphatic rings.